The molecule has 99 valence electrons. The van der Waals surface area contributed by atoms with E-state index in [2.05, 4.69) is 4.84 Å². The Labute approximate surface area is 134 Å². The van der Waals surface area contributed by atoms with Crippen LogP contribution in [0, 0.1) is 5.92 Å². The maximum absolute atomic E-state index is 9.04. The molecular weight excluding hydrogens is 305 g/mol. The van der Waals surface area contributed by atoms with Crippen molar-refractivity contribution in [2.24, 2.45) is 5.92 Å². The minimum atomic E-state index is 0. The average molecular weight is 325 g/mol. The van der Waals surface area contributed by atoms with Gasteiger partial charge in [0.2, 0.25) is 0 Å². The maximum Gasteiger partial charge on any atom is 0.0601 e. The van der Waals surface area contributed by atoms with Gasteiger partial charge in [0.05, 0.1) is 7.11 Å². The number of rotatable bonds is 2. The van der Waals surface area contributed by atoms with E-state index in [1.807, 2.05) is 5.57 Å². The Morgan fingerprint density at radius 3 is 2.67 bits per heavy atom. The van der Waals surface area contributed by atoms with Gasteiger partial charge in [-0.05, 0) is 31.6 Å². The second kappa shape index (κ2) is 8.41. The molecule has 1 amide bonds. The van der Waals surface area contributed by atoms with Crippen molar-refractivity contribution in [1.29, 1.82) is 0 Å². The van der Waals surface area contributed by atoms with Crippen molar-refractivity contribution in [2.45, 2.75) is 44.6 Å². The summed E-state index contributed by atoms with van der Waals surface area (Å²) in [5.74, 6) is 0.888. The molecule has 0 aromatic rings. The largest absolute Gasteiger partial charge is 0.655 e. The average Bonchev–Trinajstić information content (AvgIpc) is 2.78. The Morgan fingerprint density at radius 2 is 2.06 bits per heavy atom. The molecule has 1 radical (unpaired) electrons. The fourth-order valence-electron chi connectivity index (χ4n) is 3.27. The molecule has 0 spiro atoms. The zero-order chi connectivity index (χ0) is 12.1. The molecule has 3 rings (SSSR count). The third-order valence-corrected chi connectivity index (χ3v) is 3.88. The van der Waals surface area contributed by atoms with E-state index in [1.165, 1.54) is 52.0 Å². The van der Waals surface area contributed by atoms with Gasteiger partial charge < -0.3 is 20.4 Å². The topological polar surface area (TPSA) is 52.4 Å². The van der Waals surface area contributed by atoms with Gasteiger partial charge in [-0.15, -0.1) is 19.0 Å². The van der Waals surface area contributed by atoms with E-state index in [9.17, 15) is 0 Å². The molecule has 0 saturated carbocycles. The van der Waals surface area contributed by atoms with E-state index >= 15 is 0 Å². The van der Waals surface area contributed by atoms with E-state index in [4.69, 9.17) is 10.1 Å². The number of nitrogens with zero attached hydrogens (tertiary/aromatic N) is 1. The van der Waals surface area contributed by atoms with Crippen molar-refractivity contribution in [3.63, 3.8) is 0 Å². The number of hydrogen-bond donors (Lipinski definition) is 1. The molecular formula is C13H20N2O2Y-2. The molecule has 1 aliphatic heterocycles. The van der Waals surface area contributed by atoms with E-state index in [0.717, 1.165) is 12.5 Å². The van der Waals surface area contributed by atoms with Crippen LogP contribution in [0.25, 0.3) is 5.32 Å². The Bertz CT molecular complexity index is 285. The molecule has 2 unspecified atom stereocenters. The molecule has 1 fully saturated rings. The first-order valence-corrected chi connectivity index (χ1v) is 6.40. The fourth-order valence-corrected chi connectivity index (χ4v) is 3.27. The number of allylic oxidation sites excluding steroid dienone is 1. The standard InChI is InChI=1S/C11H16N.C2H4NO2.Y/c1-3-8-4-2-6-10-11(8)9(5-1)7-12-10;1-5-3-2-4;/h9-10H,1-7H2;1H3,(H,3,4);/q2*-1;. The summed E-state index contributed by atoms with van der Waals surface area (Å²) in [5.41, 5.74) is 5.41. The fraction of sp³-hybridized carbons (Fsp3) is 0.769. The van der Waals surface area contributed by atoms with Crippen LogP contribution in [0.15, 0.2) is 11.1 Å². The van der Waals surface area contributed by atoms with Crippen LogP contribution in [0.5, 0.6) is 0 Å². The maximum atomic E-state index is 9.04. The molecule has 0 aromatic carbocycles. The Balaban J connectivity index is 0.000000238. The predicted octanol–water partition coefficient (Wildman–Crippen LogP) is 2.22. The van der Waals surface area contributed by atoms with E-state index in [0.29, 0.717) is 6.04 Å². The second-order valence-corrected chi connectivity index (χ2v) is 4.83. The van der Waals surface area contributed by atoms with Crippen molar-refractivity contribution in [3.05, 3.63) is 16.5 Å². The molecule has 3 aliphatic rings. The zero-order valence-electron chi connectivity index (χ0n) is 10.9. The van der Waals surface area contributed by atoms with Gasteiger partial charge in [-0.1, -0.05) is 24.0 Å². The monoisotopic (exact) mass is 325 g/mol. The smallest absolute Gasteiger partial charge is 0.0601 e. The Morgan fingerprint density at radius 1 is 1.33 bits per heavy atom. The summed E-state index contributed by atoms with van der Waals surface area (Å²) in [6.07, 6.45) is 9.72. The summed E-state index contributed by atoms with van der Waals surface area (Å²) in [6.45, 7) is 1.16. The molecule has 0 aromatic heterocycles. The first-order chi connectivity index (χ1) is 8.36. The van der Waals surface area contributed by atoms with Gasteiger partial charge >= 0.3 is 0 Å². The van der Waals surface area contributed by atoms with Gasteiger partial charge in [0.1, 0.15) is 0 Å². The molecule has 1 heterocycles. The summed E-state index contributed by atoms with van der Waals surface area (Å²) < 4.78 is 0. The van der Waals surface area contributed by atoms with Crippen LogP contribution < -0.4 is 5.48 Å². The predicted molar refractivity (Wildman–Crippen MR) is 66.1 cm³/mol. The quantitative estimate of drug-likeness (QED) is 0.366. The zero-order valence-corrected chi connectivity index (χ0v) is 13.8. The van der Waals surface area contributed by atoms with Crippen LogP contribution in [-0.2, 0) is 42.3 Å². The molecule has 4 nitrogen and oxygen atoms in total. The van der Waals surface area contributed by atoms with Crippen LogP contribution in [0.1, 0.15) is 38.5 Å². The third kappa shape index (κ3) is 3.86. The van der Waals surface area contributed by atoms with Gasteiger partial charge in [0.15, 0.2) is 0 Å². The van der Waals surface area contributed by atoms with Crippen molar-refractivity contribution in [3.8, 4) is 0 Å². The van der Waals surface area contributed by atoms with Gasteiger partial charge in [-0.3, -0.25) is 0 Å². The van der Waals surface area contributed by atoms with Crippen LogP contribution in [0.3, 0.4) is 0 Å². The summed E-state index contributed by atoms with van der Waals surface area (Å²) >= 11 is 0. The summed E-state index contributed by atoms with van der Waals surface area (Å²) in [4.78, 5) is 13.1. The second-order valence-electron chi connectivity index (χ2n) is 4.83. The molecule has 1 saturated heterocycles. The Hall–Kier alpha value is 0.234. The molecule has 1 N–H and O–H groups in total. The van der Waals surface area contributed by atoms with Crippen LogP contribution in [0.2, 0.25) is 0 Å². The number of hydrogen-bond acceptors (Lipinski definition) is 2. The van der Waals surface area contributed by atoms with Gasteiger partial charge in [0.25, 0.3) is 0 Å². The van der Waals surface area contributed by atoms with Crippen LogP contribution >= 0.6 is 0 Å². The van der Waals surface area contributed by atoms with Crippen LogP contribution in [-0.4, -0.2) is 26.1 Å². The van der Waals surface area contributed by atoms with Gasteiger partial charge in [-0.2, -0.15) is 0 Å². The van der Waals surface area contributed by atoms with Crippen LogP contribution in [0.4, 0.5) is 0 Å². The van der Waals surface area contributed by atoms with Crippen molar-refractivity contribution in [1.82, 2.24) is 5.48 Å². The molecule has 2 atom stereocenters. The molecule has 2 aliphatic carbocycles. The van der Waals surface area contributed by atoms with Gasteiger partial charge in [0, 0.05) is 32.7 Å². The Kier molecular flexibility index (Phi) is 7.61. The number of nitrogens with one attached hydrogen (secondary N) is 1. The van der Waals surface area contributed by atoms with Crippen molar-refractivity contribution < 1.29 is 42.3 Å². The van der Waals surface area contributed by atoms with Crippen molar-refractivity contribution in [2.75, 3.05) is 13.7 Å². The normalized spacial score (nSPS) is 28.5. The third-order valence-electron chi connectivity index (χ3n) is 3.88. The summed E-state index contributed by atoms with van der Waals surface area (Å²) in [6, 6.07) is 0.680. The minimum Gasteiger partial charge on any atom is -0.655 e. The number of amides is 1. The van der Waals surface area contributed by atoms with E-state index < -0.39 is 0 Å². The SMILES string of the molecule is C1CC2=C3C(C1)C[N-]C3CCC2.CON[C-]=O.[Y]. The summed E-state index contributed by atoms with van der Waals surface area (Å²) in [7, 11) is 1.34. The first kappa shape index (κ1) is 16.3. The van der Waals surface area contributed by atoms with E-state index in [-0.39, 0.29) is 32.7 Å². The minimum absolute atomic E-state index is 0. The first-order valence-electron chi connectivity index (χ1n) is 6.40. The van der Waals surface area contributed by atoms with Crippen molar-refractivity contribution >= 4 is 6.41 Å². The molecule has 18 heavy (non-hydrogen) atoms. The number of carbonyl (C=O) groups excluding carboxylic acids is 1. The number of hydroxylamine groups is 1. The molecule has 0 bridgehead atoms. The molecule has 5 heteroatoms. The van der Waals surface area contributed by atoms with E-state index in [1.54, 1.807) is 11.1 Å². The van der Waals surface area contributed by atoms with Gasteiger partial charge in [-0.25, -0.2) is 0 Å². The summed E-state index contributed by atoms with van der Waals surface area (Å²) in [5, 5.41) is 4.74.